The molecule has 1 aromatic carbocycles. The number of H-pyrrole nitrogens is 1. The van der Waals surface area contributed by atoms with Gasteiger partial charge in [0.1, 0.15) is 11.3 Å². The van der Waals surface area contributed by atoms with Crippen LogP contribution < -0.4 is 11.1 Å². The van der Waals surface area contributed by atoms with Gasteiger partial charge in [0, 0.05) is 0 Å². The molecule has 1 amide bonds. The van der Waals surface area contributed by atoms with E-state index in [-0.39, 0.29) is 37.4 Å². The molecule has 5 nitrogen and oxygen atoms in total. The zero-order valence-corrected chi connectivity index (χ0v) is 12.5. The normalized spacial score (nSPS) is 12.1. The second-order valence-corrected chi connectivity index (χ2v) is 4.58. The zero-order valence-electron chi connectivity index (χ0n) is 11.7. The average molecular weight is 377 g/mol. The molecule has 12 heteroatoms. The number of halogens is 7. The third-order valence-electron chi connectivity index (χ3n) is 2.91. The first-order chi connectivity index (χ1) is 10.5. The number of nitrogens with zero attached hydrogens (tertiary/aromatic N) is 1. The van der Waals surface area contributed by atoms with E-state index in [0.717, 1.165) is 0 Å². The van der Waals surface area contributed by atoms with Gasteiger partial charge in [0.25, 0.3) is 0 Å². The summed E-state index contributed by atoms with van der Waals surface area (Å²) >= 11 is 0. The number of nitrogens with one attached hydrogen (secondary N) is 2. The first kappa shape index (κ1) is 20.0. The Morgan fingerprint density at radius 2 is 1.79 bits per heavy atom. The Morgan fingerprint density at radius 3 is 2.29 bits per heavy atom. The van der Waals surface area contributed by atoms with E-state index in [1.165, 1.54) is 0 Å². The highest BCUT2D eigenvalue weighted by molar-refractivity contribution is 5.85. The van der Waals surface area contributed by atoms with Crippen molar-refractivity contribution in [3.63, 3.8) is 0 Å². The number of nitrogens with two attached hydrogens (primary N) is 1. The number of hydrogen-bond donors (Lipinski definition) is 3. The Balaban J connectivity index is 0.00000288. The first-order valence-corrected chi connectivity index (χ1v) is 6.16. The minimum absolute atomic E-state index is 0. The van der Waals surface area contributed by atoms with Crippen LogP contribution in [0.4, 0.5) is 26.3 Å². The van der Waals surface area contributed by atoms with Crippen LogP contribution in [0.15, 0.2) is 12.1 Å². The van der Waals surface area contributed by atoms with Gasteiger partial charge in [0.05, 0.1) is 29.7 Å². The summed E-state index contributed by atoms with van der Waals surface area (Å²) in [5.74, 6) is -0.705. The maximum Gasteiger partial charge on any atom is 0.418 e. The van der Waals surface area contributed by atoms with Gasteiger partial charge < -0.3 is 16.0 Å². The maximum absolute atomic E-state index is 13.0. The van der Waals surface area contributed by atoms with Gasteiger partial charge in [-0.05, 0) is 12.1 Å². The van der Waals surface area contributed by atoms with Crippen LogP contribution in [0.3, 0.4) is 0 Å². The van der Waals surface area contributed by atoms with Crippen molar-refractivity contribution in [2.24, 2.45) is 5.73 Å². The lowest BCUT2D eigenvalue weighted by Crippen LogP contribution is -2.30. The molecule has 0 aliphatic carbocycles. The van der Waals surface area contributed by atoms with Gasteiger partial charge in [-0.2, -0.15) is 26.3 Å². The minimum atomic E-state index is -5.01. The standard InChI is InChI=1S/C12H10F6N4O.ClH/c13-11(14,15)5-1-6(12(16,17)18)10-7(2-5)21-8(22-10)4-20-9(23)3-19;/h1-2H,3-4,19H2,(H,20,23)(H,21,22);1H. The van der Waals surface area contributed by atoms with Crippen molar-refractivity contribution in [3.05, 3.63) is 29.1 Å². The Labute approximate surface area is 137 Å². The van der Waals surface area contributed by atoms with Crippen molar-refractivity contribution in [3.8, 4) is 0 Å². The fraction of sp³-hybridized carbons (Fsp3) is 0.333. The Hall–Kier alpha value is -2.01. The molecule has 134 valence electrons. The van der Waals surface area contributed by atoms with Crippen LogP contribution in [0, 0.1) is 0 Å². The predicted molar refractivity (Wildman–Crippen MR) is 74.2 cm³/mol. The first-order valence-electron chi connectivity index (χ1n) is 6.16. The lowest BCUT2D eigenvalue weighted by molar-refractivity contribution is -0.142. The number of fused-ring (bicyclic) bond motifs is 1. The molecule has 1 aromatic heterocycles. The number of amides is 1. The molecule has 0 spiro atoms. The summed E-state index contributed by atoms with van der Waals surface area (Å²) in [4.78, 5) is 16.9. The minimum Gasteiger partial charge on any atom is -0.348 e. The third kappa shape index (κ3) is 4.29. The lowest BCUT2D eigenvalue weighted by Gasteiger charge is -2.11. The molecule has 0 saturated carbocycles. The second-order valence-electron chi connectivity index (χ2n) is 4.58. The molecule has 0 atom stereocenters. The molecule has 0 unspecified atom stereocenters. The number of hydrogen-bond acceptors (Lipinski definition) is 3. The second kappa shape index (κ2) is 6.85. The fourth-order valence-electron chi connectivity index (χ4n) is 1.89. The topological polar surface area (TPSA) is 83.8 Å². The largest absolute Gasteiger partial charge is 0.418 e. The smallest absolute Gasteiger partial charge is 0.348 e. The van der Waals surface area contributed by atoms with E-state index in [0.29, 0.717) is 6.07 Å². The number of benzene rings is 1. The van der Waals surface area contributed by atoms with Crippen LogP contribution in [0.5, 0.6) is 0 Å². The van der Waals surface area contributed by atoms with Crippen molar-refractivity contribution in [1.29, 1.82) is 0 Å². The van der Waals surface area contributed by atoms with Crippen LogP contribution in [0.25, 0.3) is 11.0 Å². The summed E-state index contributed by atoms with van der Waals surface area (Å²) in [5.41, 5.74) is 1.02. The monoisotopic (exact) mass is 376 g/mol. The van der Waals surface area contributed by atoms with Gasteiger partial charge >= 0.3 is 12.4 Å². The van der Waals surface area contributed by atoms with Crippen molar-refractivity contribution in [2.45, 2.75) is 18.9 Å². The predicted octanol–water partition coefficient (Wildman–Crippen LogP) is 2.60. The van der Waals surface area contributed by atoms with Gasteiger partial charge in [-0.1, -0.05) is 0 Å². The lowest BCUT2D eigenvalue weighted by atomic mass is 10.1. The van der Waals surface area contributed by atoms with Gasteiger partial charge in [0.2, 0.25) is 5.91 Å². The number of aromatic nitrogens is 2. The molecule has 1 heterocycles. The van der Waals surface area contributed by atoms with E-state index in [1.54, 1.807) is 0 Å². The van der Waals surface area contributed by atoms with Crippen LogP contribution >= 0.6 is 12.4 Å². The highest BCUT2D eigenvalue weighted by atomic mass is 35.5. The van der Waals surface area contributed by atoms with E-state index < -0.39 is 40.4 Å². The summed E-state index contributed by atoms with van der Waals surface area (Å²) < 4.78 is 77.0. The molecule has 0 saturated heterocycles. The molecule has 2 aromatic rings. The van der Waals surface area contributed by atoms with Crippen LogP contribution in [0.2, 0.25) is 0 Å². The molecule has 0 aliphatic heterocycles. The summed E-state index contributed by atoms with van der Waals surface area (Å²) in [5, 5.41) is 2.25. The van der Waals surface area contributed by atoms with E-state index in [9.17, 15) is 31.1 Å². The number of imidazole rings is 1. The molecule has 4 N–H and O–H groups in total. The molecule has 0 aliphatic rings. The summed E-state index contributed by atoms with van der Waals surface area (Å²) in [6, 6.07) is 0.539. The number of carbonyl (C=O) groups excluding carboxylic acids is 1. The molecular weight excluding hydrogens is 366 g/mol. The Kier molecular flexibility index (Phi) is 5.72. The van der Waals surface area contributed by atoms with Gasteiger partial charge in [-0.3, -0.25) is 4.79 Å². The fourth-order valence-corrected chi connectivity index (χ4v) is 1.89. The SMILES string of the molecule is Cl.NCC(=O)NCc1nc2c(C(F)(F)F)cc(C(F)(F)F)cc2[nH]1. The van der Waals surface area contributed by atoms with Crippen molar-refractivity contribution in [2.75, 3.05) is 6.54 Å². The van der Waals surface area contributed by atoms with Crippen molar-refractivity contribution < 1.29 is 31.1 Å². The van der Waals surface area contributed by atoms with Gasteiger partial charge in [-0.15, -0.1) is 12.4 Å². The molecular formula is C12H11ClF6N4O. The number of alkyl halides is 6. The van der Waals surface area contributed by atoms with Crippen LogP contribution in [-0.4, -0.2) is 22.4 Å². The summed E-state index contributed by atoms with van der Waals surface area (Å²) in [6.07, 6.45) is -9.94. The van der Waals surface area contributed by atoms with E-state index in [4.69, 9.17) is 5.73 Å². The molecule has 0 fully saturated rings. The van der Waals surface area contributed by atoms with Crippen LogP contribution in [-0.2, 0) is 23.7 Å². The van der Waals surface area contributed by atoms with Gasteiger partial charge in [0.15, 0.2) is 0 Å². The van der Waals surface area contributed by atoms with Gasteiger partial charge in [-0.25, -0.2) is 4.98 Å². The molecule has 2 rings (SSSR count). The molecule has 0 bridgehead atoms. The maximum atomic E-state index is 13.0. The number of carbonyl (C=O) groups is 1. The summed E-state index contributed by atoms with van der Waals surface area (Å²) in [7, 11) is 0. The van der Waals surface area contributed by atoms with Crippen molar-refractivity contribution >= 4 is 29.3 Å². The van der Waals surface area contributed by atoms with E-state index >= 15 is 0 Å². The average Bonchev–Trinajstić information content (AvgIpc) is 2.84. The van der Waals surface area contributed by atoms with Crippen LogP contribution in [0.1, 0.15) is 17.0 Å². The summed E-state index contributed by atoms with van der Waals surface area (Å²) in [6.45, 7) is -0.629. The van der Waals surface area contributed by atoms with Crippen molar-refractivity contribution in [1.82, 2.24) is 15.3 Å². The third-order valence-corrected chi connectivity index (χ3v) is 2.91. The highest BCUT2D eigenvalue weighted by Gasteiger charge is 2.39. The Bertz CT molecular complexity index is 739. The Morgan fingerprint density at radius 1 is 1.17 bits per heavy atom. The number of rotatable bonds is 3. The number of aromatic amines is 1. The quantitative estimate of drug-likeness (QED) is 0.720. The highest BCUT2D eigenvalue weighted by Crippen LogP contribution is 2.39. The van der Waals surface area contributed by atoms with E-state index in [1.807, 2.05) is 0 Å². The molecule has 0 radical (unpaired) electrons. The molecule has 24 heavy (non-hydrogen) atoms. The zero-order chi connectivity index (χ0) is 17.4. The van der Waals surface area contributed by atoms with E-state index in [2.05, 4.69) is 15.3 Å².